The third-order valence-corrected chi connectivity index (χ3v) is 15.0. The van der Waals surface area contributed by atoms with Crippen LogP contribution in [0.15, 0.2) is 119 Å². The molecule has 2 aliphatic carbocycles. The Balaban J connectivity index is 1.30. The first-order chi connectivity index (χ1) is 21.3. The van der Waals surface area contributed by atoms with Gasteiger partial charge in [0.25, 0.3) is 0 Å². The van der Waals surface area contributed by atoms with E-state index in [4.69, 9.17) is 0 Å². The van der Waals surface area contributed by atoms with Crippen molar-refractivity contribution >= 4 is 56.0 Å². The van der Waals surface area contributed by atoms with E-state index in [0.717, 1.165) is 30.6 Å². The largest absolute Gasteiger partial charge is 0.380 e. The topological polar surface area (TPSA) is 0 Å². The van der Waals surface area contributed by atoms with Gasteiger partial charge in [0, 0.05) is 40.5 Å². The van der Waals surface area contributed by atoms with Crippen molar-refractivity contribution in [1.82, 2.24) is 0 Å². The first-order valence-electron chi connectivity index (χ1n) is 14.1. The fourth-order valence-corrected chi connectivity index (χ4v) is 11.9. The molecule has 0 spiro atoms. The molecule has 0 radical (unpaired) electrons. The highest BCUT2D eigenvalue weighted by molar-refractivity contribution is 8.14. The van der Waals surface area contributed by atoms with Crippen molar-refractivity contribution in [1.29, 1.82) is 0 Å². The second-order valence-corrected chi connectivity index (χ2v) is 16.7. The number of hydrogen-bond acceptors (Lipinski definition) is 4. The summed E-state index contributed by atoms with van der Waals surface area (Å²) in [4.78, 5) is 4.61. The van der Waals surface area contributed by atoms with Crippen LogP contribution in [-0.2, 0) is 0 Å². The van der Waals surface area contributed by atoms with E-state index in [-0.39, 0.29) is 11.1 Å². The highest BCUT2D eigenvalue weighted by Gasteiger charge is 2.84. The van der Waals surface area contributed by atoms with Crippen molar-refractivity contribution in [2.45, 2.75) is 41.1 Å². The monoisotopic (exact) mass is 684 g/mol. The molecule has 2 aromatic carbocycles. The van der Waals surface area contributed by atoms with Gasteiger partial charge in [-0.15, -0.1) is 46.2 Å². The molecule has 2 unspecified atom stereocenters. The molecule has 45 heavy (non-hydrogen) atoms. The van der Waals surface area contributed by atoms with Gasteiger partial charge in [-0.3, -0.25) is 0 Å². The highest BCUT2D eigenvalue weighted by Crippen LogP contribution is 2.75. The SMILES string of the molecule is CC12SC(c3ccc(-c4ccccc4)s3)=CC1=C1C(=C3C=C(c4ccc(-c5ccccc5)s4)SC32C)C(F)(F)C(F)(F)C1(F)F. The van der Waals surface area contributed by atoms with E-state index in [1.54, 1.807) is 13.8 Å². The average Bonchev–Trinajstić information content (AvgIpc) is 3.83. The Labute approximate surface area is 272 Å². The lowest BCUT2D eigenvalue weighted by Crippen LogP contribution is -2.48. The van der Waals surface area contributed by atoms with E-state index < -0.39 is 38.4 Å². The average molecular weight is 685 g/mol. The molecule has 2 aromatic heterocycles. The van der Waals surface area contributed by atoms with Crippen LogP contribution in [0.25, 0.3) is 30.7 Å². The minimum absolute atomic E-state index is 0.154. The molecule has 2 aliphatic heterocycles. The third kappa shape index (κ3) is 3.82. The zero-order chi connectivity index (χ0) is 31.6. The van der Waals surface area contributed by atoms with E-state index >= 15 is 26.3 Å². The molecule has 4 heterocycles. The van der Waals surface area contributed by atoms with E-state index in [2.05, 4.69) is 0 Å². The zero-order valence-electron chi connectivity index (χ0n) is 23.6. The number of fused-ring (bicyclic) bond motifs is 4. The van der Waals surface area contributed by atoms with Crippen molar-refractivity contribution in [3.8, 4) is 20.9 Å². The minimum Gasteiger partial charge on any atom is -0.194 e. The number of halogens is 6. The molecule has 8 rings (SSSR count). The predicted molar refractivity (Wildman–Crippen MR) is 176 cm³/mol. The minimum atomic E-state index is -5.58. The van der Waals surface area contributed by atoms with Gasteiger partial charge in [-0.25, -0.2) is 0 Å². The fraction of sp³-hybridized carbons (Fsp3) is 0.200. The molecule has 0 saturated heterocycles. The first kappa shape index (κ1) is 29.5. The van der Waals surface area contributed by atoms with Gasteiger partial charge in [0.15, 0.2) is 0 Å². The van der Waals surface area contributed by atoms with Crippen LogP contribution in [0.5, 0.6) is 0 Å². The number of rotatable bonds is 4. The molecule has 4 aliphatic rings. The van der Waals surface area contributed by atoms with Crippen molar-refractivity contribution in [3.05, 3.63) is 129 Å². The number of hydrogen-bond donors (Lipinski definition) is 0. The normalized spacial score (nSPS) is 27.3. The zero-order valence-corrected chi connectivity index (χ0v) is 26.9. The van der Waals surface area contributed by atoms with E-state index in [0.29, 0.717) is 9.81 Å². The first-order valence-corrected chi connectivity index (χ1v) is 17.3. The molecule has 0 amide bonds. The lowest BCUT2D eigenvalue weighted by atomic mass is 9.71. The maximum Gasteiger partial charge on any atom is 0.380 e. The Morgan fingerprint density at radius 2 is 0.822 bits per heavy atom. The number of benzene rings is 2. The quantitative estimate of drug-likeness (QED) is 0.196. The molecular weight excluding hydrogens is 663 g/mol. The molecule has 1 saturated carbocycles. The summed E-state index contributed by atoms with van der Waals surface area (Å²) in [5.41, 5.74) is -0.812. The summed E-state index contributed by atoms with van der Waals surface area (Å²) in [5.74, 6) is -15.7. The van der Waals surface area contributed by atoms with Crippen molar-refractivity contribution in [3.63, 3.8) is 0 Å². The van der Waals surface area contributed by atoms with Gasteiger partial charge >= 0.3 is 17.8 Å². The fourth-order valence-electron chi connectivity index (χ4n) is 6.61. The third-order valence-electron chi connectivity index (χ3n) is 9.14. The van der Waals surface area contributed by atoms with Gasteiger partial charge in [-0.05, 0) is 72.5 Å². The molecule has 228 valence electrons. The van der Waals surface area contributed by atoms with Crippen LogP contribution in [0.1, 0.15) is 23.6 Å². The van der Waals surface area contributed by atoms with Crippen molar-refractivity contribution in [2.24, 2.45) is 0 Å². The van der Waals surface area contributed by atoms with Crippen LogP contribution in [0.2, 0.25) is 0 Å². The van der Waals surface area contributed by atoms with Gasteiger partial charge < -0.3 is 0 Å². The lowest BCUT2D eigenvalue weighted by molar-refractivity contribution is -0.258. The summed E-state index contributed by atoms with van der Waals surface area (Å²) in [7, 11) is 0. The number of thiophene rings is 2. The highest BCUT2D eigenvalue weighted by atomic mass is 32.2. The van der Waals surface area contributed by atoms with Gasteiger partial charge in [0.05, 0.1) is 9.49 Å². The summed E-state index contributed by atoms with van der Waals surface area (Å²) in [6.07, 6.45) is 2.90. The molecule has 0 nitrogen and oxygen atoms in total. The Kier molecular flexibility index (Phi) is 6.26. The lowest BCUT2D eigenvalue weighted by Gasteiger charge is -2.47. The predicted octanol–water partition coefficient (Wildman–Crippen LogP) is 12.1. The smallest absolute Gasteiger partial charge is 0.194 e. The Bertz CT molecular complexity index is 1870. The summed E-state index contributed by atoms with van der Waals surface area (Å²) in [5, 5.41) is 0. The van der Waals surface area contributed by atoms with Gasteiger partial charge in [-0.2, -0.15) is 26.3 Å². The number of thioether (sulfide) groups is 2. The van der Waals surface area contributed by atoms with Crippen LogP contribution in [0.3, 0.4) is 0 Å². The molecular formula is C35H22F6S4. The Morgan fingerprint density at radius 3 is 1.20 bits per heavy atom. The second-order valence-electron chi connectivity index (χ2n) is 11.6. The molecule has 1 fully saturated rings. The van der Waals surface area contributed by atoms with Crippen LogP contribution in [-0.4, -0.2) is 27.3 Å². The van der Waals surface area contributed by atoms with E-state index in [1.165, 1.54) is 58.3 Å². The van der Waals surface area contributed by atoms with E-state index in [1.807, 2.05) is 84.9 Å². The molecule has 2 atom stereocenters. The van der Waals surface area contributed by atoms with E-state index in [9.17, 15) is 0 Å². The van der Waals surface area contributed by atoms with Gasteiger partial charge in [0.1, 0.15) is 0 Å². The summed E-state index contributed by atoms with van der Waals surface area (Å²) in [6.45, 7) is 3.45. The number of alkyl halides is 6. The maximum absolute atomic E-state index is 15.7. The van der Waals surface area contributed by atoms with Crippen molar-refractivity contribution in [2.75, 3.05) is 0 Å². The second kappa shape index (κ2) is 9.56. The maximum atomic E-state index is 15.7. The number of allylic oxidation sites excluding steroid dienone is 4. The molecule has 0 bridgehead atoms. The Hall–Kier alpha value is -2.92. The van der Waals surface area contributed by atoms with Gasteiger partial charge in [0.2, 0.25) is 0 Å². The van der Waals surface area contributed by atoms with Crippen molar-refractivity contribution < 1.29 is 26.3 Å². The Morgan fingerprint density at radius 1 is 0.467 bits per heavy atom. The van der Waals surface area contributed by atoms with Gasteiger partial charge in [-0.1, -0.05) is 60.7 Å². The summed E-state index contributed by atoms with van der Waals surface area (Å²) >= 11 is 5.47. The standard InChI is InChI=1S/C35H22F6S4/c1-31-21(17-27(44-31)25-15-13-23(42-25)19-9-5-3-6-10-19)29-30(34(38,39)35(40,41)33(29,36)37)22-18-28(45-32(22,31)2)26-16-14-24(43-26)20-11-7-4-8-12-20/h3-18H,1-2H3. The van der Waals surface area contributed by atoms with Crippen LogP contribution >= 0.6 is 46.2 Å². The van der Waals surface area contributed by atoms with Crippen LogP contribution in [0, 0.1) is 0 Å². The van der Waals surface area contributed by atoms with Crippen LogP contribution in [0.4, 0.5) is 26.3 Å². The van der Waals surface area contributed by atoms with Crippen LogP contribution < -0.4 is 0 Å². The summed E-state index contributed by atoms with van der Waals surface area (Å²) < 4.78 is 90.8. The molecule has 10 heteroatoms. The molecule has 4 aromatic rings. The summed E-state index contributed by atoms with van der Waals surface area (Å²) in [6, 6.07) is 26.9. The molecule has 0 N–H and O–H groups in total.